The van der Waals surface area contributed by atoms with Crippen LogP contribution in [-0.2, 0) is 0 Å². The number of nitrogens with zero attached hydrogens (tertiary/aromatic N) is 1. The second-order valence-corrected chi connectivity index (χ2v) is 10.1. The van der Waals surface area contributed by atoms with Crippen molar-refractivity contribution in [3.8, 4) is 0 Å². The normalized spacial score (nSPS) is 34.3. The van der Waals surface area contributed by atoms with Crippen molar-refractivity contribution < 1.29 is 18.0 Å². The topological polar surface area (TPSA) is 70.4 Å². The van der Waals surface area contributed by atoms with E-state index in [1.165, 1.54) is 12.8 Å². The Kier molecular flexibility index (Phi) is 4.83. The van der Waals surface area contributed by atoms with Crippen LogP contribution >= 0.6 is 0 Å². The number of hydrogen-bond acceptors (Lipinski definition) is 4. The molecule has 4 aliphatic rings. The van der Waals surface area contributed by atoms with E-state index >= 15 is 0 Å². The SMILES string of the molecule is CNc1cc(N2CC3CCC2C3)c(C(=O)N[C@@H]2CC23CCC(C(F)(F)F)CC3)cc1N. The van der Waals surface area contributed by atoms with Gasteiger partial charge in [0.1, 0.15) is 0 Å². The number of nitrogens with two attached hydrogens (primary N) is 1. The van der Waals surface area contributed by atoms with Gasteiger partial charge in [-0.25, -0.2) is 0 Å². The molecular weight excluding hydrogens is 405 g/mol. The van der Waals surface area contributed by atoms with Crippen LogP contribution in [0.3, 0.4) is 0 Å². The molecule has 1 aromatic rings. The molecule has 4 fully saturated rings. The Morgan fingerprint density at radius 2 is 1.94 bits per heavy atom. The molecule has 3 saturated carbocycles. The summed E-state index contributed by atoms with van der Waals surface area (Å²) in [5, 5.41) is 6.24. The number of alkyl halides is 3. The summed E-state index contributed by atoms with van der Waals surface area (Å²) in [7, 11) is 1.82. The monoisotopic (exact) mass is 436 g/mol. The number of rotatable bonds is 4. The van der Waals surface area contributed by atoms with Gasteiger partial charge in [0.15, 0.2) is 0 Å². The van der Waals surface area contributed by atoms with Crippen LogP contribution in [0, 0.1) is 17.3 Å². The number of amides is 1. The zero-order valence-corrected chi connectivity index (χ0v) is 17.9. The third-order valence-corrected chi connectivity index (χ3v) is 8.34. The maximum atomic E-state index is 13.3. The predicted octanol–water partition coefficient (Wildman–Crippen LogP) is 4.54. The average molecular weight is 437 g/mol. The third-order valence-electron chi connectivity index (χ3n) is 8.34. The van der Waals surface area contributed by atoms with Gasteiger partial charge >= 0.3 is 6.18 Å². The Bertz CT molecular complexity index is 878. The average Bonchev–Trinajstić information content (AvgIpc) is 3.08. The van der Waals surface area contributed by atoms with Crippen molar-refractivity contribution in [3.63, 3.8) is 0 Å². The summed E-state index contributed by atoms with van der Waals surface area (Å²) in [4.78, 5) is 15.6. The molecule has 1 spiro atoms. The van der Waals surface area contributed by atoms with E-state index < -0.39 is 12.1 Å². The van der Waals surface area contributed by atoms with Gasteiger partial charge in [0.2, 0.25) is 0 Å². The van der Waals surface area contributed by atoms with Crippen molar-refractivity contribution in [1.82, 2.24) is 5.32 Å². The largest absolute Gasteiger partial charge is 0.397 e. The lowest BCUT2D eigenvalue weighted by atomic mass is 9.79. The van der Waals surface area contributed by atoms with Gasteiger partial charge < -0.3 is 21.3 Å². The second-order valence-electron chi connectivity index (χ2n) is 10.1. The lowest BCUT2D eigenvalue weighted by Crippen LogP contribution is -2.37. The number of anilines is 3. The minimum absolute atomic E-state index is 0.0396. The van der Waals surface area contributed by atoms with Gasteiger partial charge in [0.05, 0.1) is 28.5 Å². The zero-order chi connectivity index (χ0) is 22.0. The van der Waals surface area contributed by atoms with E-state index in [-0.39, 0.29) is 30.2 Å². The fourth-order valence-electron chi connectivity index (χ4n) is 6.32. The summed E-state index contributed by atoms with van der Waals surface area (Å²) in [6, 6.07) is 4.15. The summed E-state index contributed by atoms with van der Waals surface area (Å²) in [5.74, 6) is -0.667. The number of halogens is 3. The Morgan fingerprint density at radius 1 is 1.19 bits per heavy atom. The molecule has 0 radical (unpaired) electrons. The number of benzene rings is 1. The van der Waals surface area contributed by atoms with E-state index in [1.807, 2.05) is 13.1 Å². The molecule has 2 bridgehead atoms. The number of fused-ring (bicyclic) bond motifs is 2. The Balaban J connectivity index is 1.32. The number of carbonyl (C=O) groups excluding carboxylic acids is 1. The molecule has 3 aliphatic carbocycles. The standard InChI is InChI=1S/C23H31F3N4O/c1-28-18-10-19(30-12-13-2-3-15(30)8-13)16(9-17(18)27)21(31)29-20-11-22(20)6-4-14(5-7-22)23(24,25)26/h9-10,13-15,20,28H,2-8,11-12,27H2,1H3,(H,29,31)/t13?,14?,15?,20-,22?/m1/s1. The van der Waals surface area contributed by atoms with Gasteiger partial charge in [0.25, 0.3) is 5.91 Å². The van der Waals surface area contributed by atoms with Crippen LogP contribution in [0.15, 0.2) is 12.1 Å². The van der Waals surface area contributed by atoms with Crippen molar-refractivity contribution in [2.24, 2.45) is 17.3 Å². The smallest absolute Gasteiger partial charge is 0.391 e. The summed E-state index contributed by atoms with van der Waals surface area (Å²) in [5.41, 5.74) is 8.86. The highest BCUT2D eigenvalue weighted by Gasteiger charge is 2.58. The van der Waals surface area contributed by atoms with Crippen LogP contribution in [0.1, 0.15) is 61.7 Å². The molecule has 1 saturated heterocycles. The van der Waals surface area contributed by atoms with Crippen LogP contribution in [0.5, 0.6) is 0 Å². The quantitative estimate of drug-likeness (QED) is 0.606. The number of hydrogen-bond donors (Lipinski definition) is 3. The van der Waals surface area contributed by atoms with Crippen molar-refractivity contribution >= 4 is 23.0 Å². The van der Waals surface area contributed by atoms with Crippen molar-refractivity contribution in [2.75, 3.05) is 29.5 Å². The predicted molar refractivity (Wildman–Crippen MR) is 115 cm³/mol. The number of piperidine rings is 1. The molecule has 2 unspecified atom stereocenters. The number of carbonyl (C=O) groups is 1. The first-order valence-electron chi connectivity index (χ1n) is 11.5. The molecule has 8 heteroatoms. The van der Waals surface area contributed by atoms with Crippen molar-refractivity contribution in [2.45, 2.75) is 69.6 Å². The molecule has 3 atom stereocenters. The minimum atomic E-state index is -4.11. The fraction of sp³-hybridized carbons (Fsp3) is 0.696. The summed E-state index contributed by atoms with van der Waals surface area (Å²) in [6.45, 7) is 0.963. The molecule has 1 amide bonds. The van der Waals surface area contributed by atoms with Gasteiger partial charge in [-0.2, -0.15) is 13.2 Å². The first-order chi connectivity index (χ1) is 14.7. The van der Waals surface area contributed by atoms with Gasteiger partial charge in [-0.1, -0.05) is 0 Å². The van der Waals surface area contributed by atoms with Crippen LogP contribution in [-0.4, -0.2) is 37.8 Å². The highest BCUT2D eigenvalue weighted by atomic mass is 19.4. The highest BCUT2D eigenvalue weighted by Crippen LogP contribution is 2.59. The van der Waals surface area contributed by atoms with E-state index in [9.17, 15) is 18.0 Å². The molecular formula is C23H31F3N4O. The molecule has 31 heavy (non-hydrogen) atoms. The molecule has 1 aromatic carbocycles. The summed E-state index contributed by atoms with van der Waals surface area (Å²) in [6.07, 6.45) is 1.65. The van der Waals surface area contributed by atoms with E-state index in [4.69, 9.17) is 5.73 Å². The Hall–Kier alpha value is -2.12. The fourth-order valence-corrected chi connectivity index (χ4v) is 6.32. The minimum Gasteiger partial charge on any atom is -0.397 e. The number of nitrogen functional groups attached to an aromatic ring is 1. The molecule has 5 rings (SSSR count). The molecule has 0 aromatic heterocycles. The highest BCUT2D eigenvalue weighted by molar-refractivity contribution is 6.02. The lowest BCUT2D eigenvalue weighted by molar-refractivity contribution is -0.184. The number of nitrogens with one attached hydrogen (secondary N) is 2. The van der Waals surface area contributed by atoms with Crippen LogP contribution < -0.4 is 21.3 Å². The molecule has 170 valence electrons. The Labute approximate surface area is 180 Å². The van der Waals surface area contributed by atoms with Gasteiger partial charge in [-0.3, -0.25) is 4.79 Å². The molecule has 1 aliphatic heterocycles. The maximum Gasteiger partial charge on any atom is 0.391 e. The first-order valence-corrected chi connectivity index (χ1v) is 11.5. The van der Waals surface area contributed by atoms with Gasteiger partial charge in [-0.15, -0.1) is 0 Å². The van der Waals surface area contributed by atoms with E-state index in [0.29, 0.717) is 36.1 Å². The maximum absolute atomic E-state index is 13.3. The Morgan fingerprint density at radius 3 is 2.52 bits per heavy atom. The van der Waals surface area contributed by atoms with Gasteiger partial charge in [-0.05, 0) is 74.8 Å². The molecule has 4 N–H and O–H groups in total. The summed E-state index contributed by atoms with van der Waals surface area (Å²) >= 11 is 0. The first kappa shape index (κ1) is 20.8. The van der Waals surface area contributed by atoms with Gasteiger partial charge in [0, 0.05) is 25.7 Å². The molecule has 1 heterocycles. The zero-order valence-electron chi connectivity index (χ0n) is 17.9. The molecule has 5 nitrogen and oxygen atoms in total. The third kappa shape index (κ3) is 3.61. The van der Waals surface area contributed by atoms with Crippen LogP contribution in [0.2, 0.25) is 0 Å². The van der Waals surface area contributed by atoms with Crippen molar-refractivity contribution in [1.29, 1.82) is 0 Å². The van der Waals surface area contributed by atoms with E-state index in [1.54, 1.807) is 6.07 Å². The van der Waals surface area contributed by atoms with Crippen LogP contribution in [0.25, 0.3) is 0 Å². The van der Waals surface area contributed by atoms with E-state index in [0.717, 1.165) is 30.8 Å². The van der Waals surface area contributed by atoms with E-state index in [2.05, 4.69) is 15.5 Å². The second kappa shape index (κ2) is 7.20. The van der Waals surface area contributed by atoms with Crippen LogP contribution in [0.4, 0.5) is 30.2 Å². The lowest BCUT2D eigenvalue weighted by Gasteiger charge is -2.32. The van der Waals surface area contributed by atoms with Crippen molar-refractivity contribution in [3.05, 3.63) is 17.7 Å². The summed E-state index contributed by atoms with van der Waals surface area (Å²) < 4.78 is 39.0.